The molecule has 1 unspecified atom stereocenters. The molecule has 0 aromatic heterocycles. The molecule has 1 heterocycles. The fourth-order valence-corrected chi connectivity index (χ4v) is 4.17. The highest BCUT2D eigenvalue weighted by Gasteiger charge is 2.22. The SMILES string of the molecule is CC1=CC(C)(C)Nc2ccc(Cc3ccc(NC(C)c4ccccc4)cc3)cc21. The third-order valence-corrected chi connectivity index (χ3v) is 5.59. The Hall–Kier alpha value is -3.00. The summed E-state index contributed by atoms with van der Waals surface area (Å²) >= 11 is 0. The van der Waals surface area contributed by atoms with Gasteiger partial charge in [-0.05, 0) is 80.6 Å². The van der Waals surface area contributed by atoms with Crippen LogP contribution < -0.4 is 10.6 Å². The van der Waals surface area contributed by atoms with Crippen LogP contribution in [0, 0.1) is 0 Å². The molecule has 148 valence electrons. The third-order valence-electron chi connectivity index (χ3n) is 5.59. The van der Waals surface area contributed by atoms with Crippen molar-refractivity contribution in [3.05, 3.63) is 101 Å². The maximum atomic E-state index is 3.61. The number of allylic oxidation sites excluding steroid dienone is 1. The molecule has 3 aromatic carbocycles. The van der Waals surface area contributed by atoms with Crippen molar-refractivity contribution in [3.8, 4) is 0 Å². The van der Waals surface area contributed by atoms with E-state index in [1.54, 1.807) is 0 Å². The van der Waals surface area contributed by atoms with Crippen LogP contribution in [-0.4, -0.2) is 5.54 Å². The van der Waals surface area contributed by atoms with Crippen molar-refractivity contribution in [2.75, 3.05) is 10.6 Å². The highest BCUT2D eigenvalue weighted by atomic mass is 15.0. The molecule has 0 spiro atoms. The molecule has 1 atom stereocenters. The summed E-state index contributed by atoms with van der Waals surface area (Å²) < 4.78 is 0. The van der Waals surface area contributed by atoms with Crippen LogP contribution in [0.5, 0.6) is 0 Å². The van der Waals surface area contributed by atoms with Crippen LogP contribution >= 0.6 is 0 Å². The van der Waals surface area contributed by atoms with Crippen molar-refractivity contribution in [1.29, 1.82) is 0 Å². The summed E-state index contributed by atoms with van der Waals surface area (Å²) in [6.07, 6.45) is 3.26. The van der Waals surface area contributed by atoms with Crippen LogP contribution in [0.25, 0.3) is 5.57 Å². The number of rotatable bonds is 5. The van der Waals surface area contributed by atoms with Crippen LogP contribution in [-0.2, 0) is 6.42 Å². The van der Waals surface area contributed by atoms with Gasteiger partial charge in [0.05, 0.1) is 5.54 Å². The van der Waals surface area contributed by atoms with E-state index in [4.69, 9.17) is 0 Å². The second-order valence-corrected chi connectivity index (χ2v) is 8.70. The first-order valence-corrected chi connectivity index (χ1v) is 10.4. The van der Waals surface area contributed by atoms with E-state index in [2.05, 4.69) is 117 Å². The van der Waals surface area contributed by atoms with E-state index >= 15 is 0 Å². The molecule has 0 bridgehead atoms. The summed E-state index contributed by atoms with van der Waals surface area (Å²) in [5.41, 5.74) is 9.03. The summed E-state index contributed by atoms with van der Waals surface area (Å²) in [6, 6.07) is 26.4. The van der Waals surface area contributed by atoms with E-state index in [1.165, 1.54) is 33.5 Å². The van der Waals surface area contributed by atoms with E-state index in [9.17, 15) is 0 Å². The Morgan fingerprint density at radius 1 is 0.897 bits per heavy atom. The van der Waals surface area contributed by atoms with Crippen molar-refractivity contribution < 1.29 is 0 Å². The molecule has 1 aliphatic heterocycles. The first-order valence-electron chi connectivity index (χ1n) is 10.4. The minimum absolute atomic E-state index is 0.0122. The Morgan fingerprint density at radius 3 is 2.31 bits per heavy atom. The Kier molecular flexibility index (Phi) is 5.19. The maximum Gasteiger partial charge on any atom is 0.0505 e. The third kappa shape index (κ3) is 4.54. The standard InChI is InChI=1S/C27H30N2/c1-19-18-27(3,4)29-26-15-12-22(17-25(19)26)16-21-10-13-24(14-11-21)28-20(2)23-8-6-5-7-9-23/h5-15,17-18,20,28-29H,16H2,1-4H3. The average Bonchev–Trinajstić information content (AvgIpc) is 2.70. The minimum atomic E-state index is 0.0122. The molecule has 2 nitrogen and oxygen atoms in total. The summed E-state index contributed by atoms with van der Waals surface area (Å²) in [5.74, 6) is 0. The van der Waals surface area contributed by atoms with Crippen LogP contribution in [0.3, 0.4) is 0 Å². The molecule has 0 radical (unpaired) electrons. The van der Waals surface area contributed by atoms with Gasteiger partial charge in [-0.2, -0.15) is 0 Å². The highest BCUT2D eigenvalue weighted by molar-refractivity contribution is 5.80. The van der Waals surface area contributed by atoms with Gasteiger partial charge >= 0.3 is 0 Å². The summed E-state index contributed by atoms with van der Waals surface area (Å²) in [4.78, 5) is 0. The largest absolute Gasteiger partial charge is 0.379 e. The maximum absolute atomic E-state index is 3.61. The van der Waals surface area contributed by atoms with Crippen LogP contribution in [0.4, 0.5) is 11.4 Å². The summed E-state index contributed by atoms with van der Waals surface area (Å²) in [7, 11) is 0. The van der Waals surface area contributed by atoms with Crippen LogP contribution in [0.1, 0.15) is 56.0 Å². The van der Waals surface area contributed by atoms with E-state index < -0.39 is 0 Å². The summed E-state index contributed by atoms with van der Waals surface area (Å²) in [5, 5.41) is 7.20. The number of fused-ring (bicyclic) bond motifs is 1. The fourth-order valence-electron chi connectivity index (χ4n) is 4.17. The molecule has 29 heavy (non-hydrogen) atoms. The monoisotopic (exact) mass is 382 g/mol. The van der Waals surface area contributed by atoms with Gasteiger partial charge in [0.15, 0.2) is 0 Å². The molecule has 0 aliphatic carbocycles. The number of benzene rings is 3. The lowest BCUT2D eigenvalue weighted by Crippen LogP contribution is -2.31. The zero-order valence-electron chi connectivity index (χ0n) is 17.8. The van der Waals surface area contributed by atoms with Crippen molar-refractivity contribution in [2.24, 2.45) is 0 Å². The quantitative estimate of drug-likeness (QED) is 0.493. The molecule has 0 saturated heterocycles. The Balaban J connectivity index is 1.45. The van der Waals surface area contributed by atoms with E-state index in [0.29, 0.717) is 0 Å². The lowest BCUT2D eigenvalue weighted by Gasteiger charge is -2.31. The molecule has 3 aromatic rings. The second kappa shape index (κ2) is 7.79. The molecule has 2 heteroatoms. The normalized spacial score (nSPS) is 15.7. The molecule has 0 amide bonds. The topological polar surface area (TPSA) is 24.1 Å². The molecular formula is C27H30N2. The van der Waals surface area contributed by atoms with Gasteiger partial charge in [-0.15, -0.1) is 0 Å². The van der Waals surface area contributed by atoms with E-state index in [0.717, 1.165) is 12.1 Å². The zero-order valence-corrected chi connectivity index (χ0v) is 17.8. The molecule has 0 saturated carbocycles. The Morgan fingerprint density at radius 2 is 1.59 bits per heavy atom. The number of nitrogens with one attached hydrogen (secondary N) is 2. The fraction of sp³-hybridized carbons (Fsp3) is 0.259. The van der Waals surface area contributed by atoms with E-state index in [1.807, 2.05) is 0 Å². The first-order chi connectivity index (χ1) is 13.9. The van der Waals surface area contributed by atoms with Crippen molar-refractivity contribution in [2.45, 2.75) is 45.7 Å². The Bertz CT molecular complexity index is 1010. The zero-order chi connectivity index (χ0) is 20.4. The van der Waals surface area contributed by atoms with Gasteiger partial charge in [0.2, 0.25) is 0 Å². The van der Waals surface area contributed by atoms with E-state index in [-0.39, 0.29) is 11.6 Å². The van der Waals surface area contributed by atoms with Gasteiger partial charge in [-0.25, -0.2) is 0 Å². The minimum Gasteiger partial charge on any atom is -0.379 e. The second-order valence-electron chi connectivity index (χ2n) is 8.70. The van der Waals surface area contributed by atoms with Crippen molar-refractivity contribution >= 4 is 16.9 Å². The predicted molar refractivity (Wildman–Crippen MR) is 126 cm³/mol. The van der Waals surface area contributed by atoms with Gasteiger partial charge in [0, 0.05) is 23.0 Å². The smallest absolute Gasteiger partial charge is 0.0505 e. The van der Waals surface area contributed by atoms with Gasteiger partial charge in [0.25, 0.3) is 0 Å². The van der Waals surface area contributed by atoms with Crippen LogP contribution in [0.2, 0.25) is 0 Å². The van der Waals surface area contributed by atoms with Gasteiger partial charge in [0.1, 0.15) is 0 Å². The van der Waals surface area contributed by atoms with Gasteiger partial charge in [-0.1, -0.05) is 54.6 Å². The molecule has 2 N–H and O–H groups in total. The highest BCUT2D eigenvalue weighted by Crippen LogP contribution is 2.34. The van der Waals surface area contributed by atoms with Crippen LogP contribution in [0.15, 0.2) is 78.9 Å². The lowest BCUT2D eigenvalue weighted by molar-refractivity contribution is 0.707. The predicted octanol–water partition coefficient (Wildman–Crippen LogP) is 7.06. The Labute approximate surface area is 174 Å². The summed E-state index contributed by atoms with van der Waals surface area (Å²) in [6.45, 7) is 8.82. The van der Waals surface area contributed by atoms with Crippen molar-refractivity contribution in [1.82, 2.24) is 0 Å². The number of hydrogen-bond donors (Lipinski definition) is 2. The average molecular weight is 383 g/mol. The molecular weight excluding hydrogens is 352 g/mol. The van der Waals surface area contributed by atoms with Gasteiger partial charge in [-0.3, -0.25) is 0 Å². The molecule has 4 rings (SSSR count). The number of hydrogen-bond acceptors (Lipinski definition) is 2. The molecule has 0 fully saturated rings. The van der Waals surface area contributed by atoms with Gasteiger partial charge < -0.3 is 10.6 Å². The van der Waals surface area contributed by atoms with Crippen molar-refractivity contribution in [3.63, 3.8) is 0 Å². The number of anilines is 2. The molecule has 1 aliphatic rings. The lowest BCUT2D eigenvalue weighted by atomic mass is 9.89. The first kappa shape index (κ1) is 19.3.